The topological polar surface area (TPSA) is 144 Å². The number of carbonyl (C=O) groups excluding carboxylic acids is 1. The Bertz CT molecular complexity index is 1490. The van der Waals surface area contributed by atoms with E-state index >= 15 is 0 Å². The first-order valence-electron chi connectivity index (χ1n) is 12.6. The number of aliphatic hydroxyl groups excluding tert-OH is 2. The number of hydrogen-bond donors (Lipinski definition) is 2. The summed E-state index contributed by atoms with van der Waals surface area (Å²) in [5.41, 5.74) is 3.75. The maximum atomic E-state index is 14.9. The van der Waals surface area contributed by atoms with Crippen LogP contribution in [0, 0.1) is 12.7 Å². The third kappa shape index (κ3) is 6.54. The lowest BCUT2D eigenvalue weighted by Crippen LogP contribution is -2.35. The molecule has 0 fully saturated rings. The predicted octanol–water partition coefficient (Wildman–Crippen LogP) is 3.21. The molecule has 1 aromatic heterocycles. The summed E-state index contributed by atoms with van der Waals surface area (Å²) in [5, 5.41) is 27.1. The largest absolute Gasteiger partial charge is 0.480 e. The highest BCUT2D eigenvalue weighted by atomic mass is 32.2. The Morgan fingerprint density at radius 1 is 1.26 bits per heavy atom. The molecule has 2 N–H and O–H groups in total. The van der Waals surface area contributed by atoms with Crippen molar-refractivity contribution in [2.24, 2.45) is 0 Å². The van der Waals surface area contributed by atoms with Crippen molar-refractivity contribution in [2.45, 2.75) is 52.1 Å². The van der Waals surface area contributed by atoms with Gasteiger partial charge >= 0.3 is 16.3 Å². The Kier molecular flexibility index (Phi) is 8.83. The minimum atomic E-state index is -4.25. The van der Waals surface area contributed by atoms with Gasteiger partial charge in [0.25, 0.3) is 5.95 Å². The molecule has 13 heteroatoms. The molecule has 1 unspecified atom stereocenters. The van der Waals surface area contributed by atoms with Gasteiger partial charge in [-0.25, -0.2) is 9.07 Å². The number of hydrogen-bond acceptors (Lipinski definition) is 9. The summed E-state index contributed by atoms with van der Waals surface area (Å²) < 4.78 is 52.0. The van der Waals surface area contributed by atoms with E-state index in [-0.39, 0.29) is 32.7 Å². The number of carbonyl (C=O) groups is 1. The number of rotatable bonds is 11. The van der Waals surface area contributed by atoms with E-state index in [0.29, 0.717) is 29.6 Å². The Morgan fingerprint density at radius 2 is 2.05 bits per heavy atom. The normalized spacial score (nSPS) is 16.1. The highest BCUT2D eigenvalue weighted by molar-refractivity contribution is 7.84. The summed E-state index contributed by atoms with van der Waals surface area (Å²) in [6.07, 6.45) is 2.50. The molecule has 0 aliphatic carbocycles. The Morgan fingerprint density at radius 3 is 2.77 bits per heavy atom. The third-order valence-electron chi connectivity index (χ3n) is 6.53. The summed E-state index contributed by atoms with van der Waals surface area (Å²) >= 11 is 0. The van der Waals surface area contributed by atoms with Crippen LogP contribution in [0.1, 0.15) is 54.4 Å². The van der Waals surface area contributed by atoms with Gasteiger partial charge in [-0.1, -0.05) is 17.3 Å². The van der Waals surface area contributed by atoms with Crippen molar-refractivity contribution in [3.05, 3.63) is 70.4 Å². The van der Waals surface area contributed by atoms with E-state index in [9.17, 15) is 22.7 Å². The summed E-state index contributed by atoms with van der Waals surface area (Å²) in [6, 6.07) is 7.89. The number of aromatic nitrogens is 3. The predicted molar refractivity (Wildman–Crippen MR) is 139 cm³/mol. The van der Waals surface area contributed by atoms with Crippen LogP contribution in [0.3, 0.4) is 0 Å². The molecular formula is C26H31FN4O7S. The average Bonchev–Trinajstić information content (AvgIpc) is 3.28. The van der Waals surface area contributed by atoms with Crippen molar-refractivity contribution < 1.29 is 36.7 Å². The first-order valence-corrected chi connectivity index (χ1v) is 14.0. The number of aryl methyl sites for hydroxylation is 2. The fourth-order valence-electron chi connectivity index (χ4n) is 4.67. The van der Waals surface area contributed by atoms with Crippen molar-refractivity contribution in [3.8, 4) is 0 Å². The van der Waals surface area contributed by atoms with E-state index in [1.54, 1.807) is 17.7 Å². The molecule has 2 aromatic carbocycles. The molecule has 1 aliphatic heterocycles. The standard InChI is InChI=1S/C26H31FN4O7S/c1-3-37-25(34)15-22(21-6-7-23-26(17(21)2)28-29-31(23)9-4-5-11-32)19-12-18(13-20(27)14-19)16-30-10-8-24(33)38-39(30,35)36/h6-8,12-14,22,32-33H,3-5,9-11,15-16H2,1-2H3. The summed E-state index contributed by atoms with van der Waals surface area (Å²) in [5.74, 6) is -2.39. The zero-order valence-electron chi connectivity index (χ0n) is 21.7. The van der Waals surface area contributed by atoms with Gasteiger partial charge in [-0.05, 0) is 67.1 Å². The second-order valence-electron chi connectivity index (χ2n) is 9.22. The highest BCUT2D eigenvalue weighted by Crippen LogP contribution is 2.35. The molecule has 0 saturated heterocycles. The van der Waals surface area contributed by atoms with Crippen LogP contribution in [0.5, 0.6) is 0 Å². The van der Waals surface area contributed by atoms with E-state index < -0.39 is 34.0 Å². The van der Waals surface area contributed by atoms with E-state index in [1.165, 1.54) is 18.2 Å². The summed E-state index contributed by atoms with van der Waals surface area (Å²) in [7, 11) is -4.25. The highest BCUT2D eigenvalue weighted by Gasteiger charge is 2.30. The summed E-state index contributed by atoms with van der Waals surface area (Å²) in [6.45, 7) is 4.08. The lowest BCUT2D eigenvalue weighted by molar-refractivity contribution is -0.143. The zero-order valence-corrected chi connectivity index (χ0v) is 22.5. The molecule has 3 aromatic rings. The molecule has 1 atom stereocenters. The lowest BCUT2D eigenvalue weighted by Gasteiger charge is -2.24. The molecule has 0 saturated carbocycles. The van der Waals surface area contributed by atoms with Crippen LogP contribution in [0.2, 0.25) is 0 Å². The van der Waals surface area contributed by atoms with Crippen molar-refractivity contribution in [2.75, 3.05) is 19.8 Å². The molecule has 0 radical (unpaired) electrons. The van der Waals surface area contributed by atoms with Crippen LogP contribution in [-0.2, 0) is 37.1 Å². The number of nitrogens with zero attached hydrogens (tertiary/aromatic N) is 4. The summed E-state index contributed by atoms with van der Waals surface area (Å²) in [4.78, 5) is 12.6. The van der Waals surface area contributed by atoms with E-state index in [2.05, 4.69) is 14.5 Å². The molecule has 39 heavy (non-hydrogen) atoms. The molecule has 11 nitrogen and oxygen atoms in total. The Balaban J connectivity index is 1.72. The van der Waals surface area contributed by atoms with Crippen LogP contribution in [0.4, 0.5) is 4.39 Å². The van der Waals surface area contributed by atoms with Crippen molar-refractivity contribution in [1.82, 2.24) is 19.3 Å². The maximum absolute atomic E-state index is 14.9. The number of halogens is 1. The smallest absolute Gasteiger partial charge is 0.388 e. The second kappa shape index (κ2) is 12.1. The van der Waals surface area contributed by atoms with E-state index in [0.717, 1.165) is 27.4 Å². The average molecular weight is 563 g/mol. The van der Waals surface area contributed by atoms with Gasteiger partial charge in [0, 0.05) is 38.2 Å². The van der Waals surface area contributed by atoms with Crippen LogP contribution < -0.4 is 0 Å². The van der Waals surface area contributed by atoms with E-state index in [4.69, 9.17) is 9.84 Å². The number of esters is 1. The number of ether oxygens (including phenoxy) is 1. The number of fused-ring (bicyclic) bond motifs is 1. The first-order chi connectivity index (χ1) is 18.6. The molecular weight excluding hydrogens is 531 g/mol. The quantitative estimate of drug-likeness (QED) is 0.266. The van der Waals surface area contributed by atoms with Gasteiger partial charge in [0.2, 0.25) is 0 Å². The number of benzene rings is 2. The maximum Gasteiger partial charge on any atom is 0.388 e. The molecule has 2 heterocycles. The molecule has 4 rings (SSSR count). The van der Waals surface area contributed by atoms with Crippen molar-refractivity contribution >= 4 is 27.3 Å². The molecule has 210 valence electrons. The van der Waals surface area contributed by atoms with Gasteiger partial charge < -0.3 is 19.1 Å². The van der Waals surface area contributed by atoms with Gasteiger partial charge in [-0.3, -0.25) is 4.79 Å². The van der Waals surface area contributed by atoms with Gasteiger partial charge in [-0.15, -0.1) is 5.10 Å². The molecule has 1 aliphatic rings. The fourth-order valence-corrected chi connectivity index (χ4v) is 5.63. The van der Waals surface area contributed by atoms with Crippen LogP contribution in [0.25, 0.3) is 11.0 Å². The van der Waals surface area contributed by atoms with Gasteiger partial charge in [-0.2, -0.15) is 12.7 Å². The monoisotopic (exact) mass is 562 g/mol. The first kappa shape index (κ1) is 28.5. The van der Waals surface area contributed by atoms with Gasteiger partial charge in [0.05, 0.1) is 18.5 Å². The number of unbranched alkanes of at least 4 members (excludes halogenated alkanes) is 1. The second-order valence-corrected chi connectivity index (χ2v) is 10.8. The minimum Gasteiger partial charge on any atom is -0.480 e. The zero-order chi connectivity index (χ0) is 28.2. The minimum absolute atomic E-state index is 0.0740. The van der Waals surface area contributed by atoms with Crippen LogP contribution in [-0.4, -0.2) is 63.7 Å². The van der Waals surface area contributed by atoms with Gasteiger partial charge in [0.15, 0.2) is 0 Å². The SMILES string of the molecule is CCOC(=O)CC(c1cc(F)cc(CN2CC=C(O)OS2(=O)=O)c1)c1ccc2c(nnn2CCCCO)c1C. The molecule has 0 bridgehead atoms. The van der Waals surface area contributed by atoms with Crippen LogP contribution in [0.15, 0.2) is 42.4 Å². The molecule has 0 spiro atoms. The third-order valence-corrected chi connectivity index (χ3v) is 7.82. The van der Waals surface area contributed by atoms with E-state index in [1.807, 2.05) is 19.1 Å². The van der Waals surface area contributed by atoms with Crippen molar-refractivity contribution in [3.63, 3.8) is 0 Å². The molecule has 0 amide bonds. The van der Waals surface area contributed by atoms with Gasteiger partial charge in [0.1, 0.15) is 11.3 Å². The van der Waals surface area contributed by atoms with Crippen molar-refractivity contribution in [1.29, 1.82) is 0 Å². The van der Waals surface area contributed by atoms with Crippen LogP contribution >= 0.6 is 0 Å². The number of aliphatic hydroxyl groups is 2. The Labute approximate surface area is 225 Å². The fraction of sp³-hybridized carbons (Fsp3) is 0.423. The Hall–Kier alpha value is -3.55. The lowest BCUT2D eigenvalue weighted by atomic mass is 9.85.